The molecule has 1 aliphatic heterocycles. The normalized spacial score (nSPS) is 20.2. The maximum atomic E-state index is 12.2. The van der Waals surface area contributed by atoms with E-state index in [2.05, 4.69) is 6.58 Å². The first-order chi connectivity index (χ1) is 10.5. The van der Waals surface area contributed by atoms with Gasteiger partial charge in [-0.05, 0) is 24.1 Å². The van der Waals surface area contributed by atoms with Gasteiger partial charge in [-0.3, -0.25) is 14.5 Å². The summed E-state index contributed by atoms with van der Waals surface area (Å²) in [7, 11) is 0. The lowest BCUT2D eigenvalue weighted by atomic mass is 9.97. The van der Waals surface area contributed by atoms with Gasteiger partial charge < -0.3 is 20.4 Å². The minimum Gasteiger partial charge on any atom is -0.508 e. The van der Waals surface area contributed by atoms with Gasteiger partial charge in [-0.2, -0.15) is 0 Å². The number of aliphatic hydroxyl groups excluding tert-OH is 4. The average molecular weight is 311 g/mol. The van der Waals surface area contributed by atoms with Crippen LogP contribution in [0.5, 0.6) is 0 Å². The van der Waals surface area contributed by atoms with Crippen LogP contribution in [0.15, 0.2) is 36.1 Å². The fourth-order valence-corrected chi connectivity index (χ4v) is 2.25. The van der Waals surface area contributed by atoms with Crippen molar-refractivity contribution >= 4 is 11.8 Å². The first-order valence-corrected chi connectivity index (χ1v) is 6.88. The predicted octanol–water partition coefficient (Wildman–Crippen LogP) is -0.349. The van der Waals surface area contributed by atoms with Gasteiger partial charge in [0.05, 0.1) is 31.8 Å². The Bertz CT molecular complexity index is 492. The third-order valence-corrected chi connectivity index (χ3v) is 3.47. The molecule has 1 aliphatic rings. The van der Waals surface area contributed by atoms with Gasteiger partial charge in [0.25, 0.3) is 0 Å². The number of carbonyl (C=O) groups excluding carboxylic acids is 2. The molecule has 1 fully saturated rings. The van der Waals surface area contributed by atoms with E-state index in [1.165, 1.54) is 18.2 Å². The summed E-state index contributed by atoms with van der Waals surface area (Å²) in [5.41, 5.74) is 0.478. The summed E-state index contributed by atoms with van der Waals surface area (Å²) in [4.78, 5) is 25.0. The van der Waals surface area contributed by atoms with Gasteiger partial charge in [0, 0.05) is 6.42 Å². The number of aliphatic hydroxyl groups is 4. The van der Waals surface area contributed by atoms with Crippen LogP contribution in [0.3, 0.4) is 0 Å². The first kappa shape index (κ1) is 18.1. The van der Waals surface area contributed by atoms with Gasteiger partial charge >= 0.3 is 0 Å². The van der Waals surface area contributed by atoms with Crippen molar-refractivity contribution in [3.63, 3.8) is 0 Å². The molecule has 1 atom stereocenters. The molecule has 0 aromatic heterocycles. The zero-order valence-corrected chi connectivity index (χ0v) is 12.2. The fraction of sp³-hybridized carbons (Fsp3) is 0.467. The monoisotopic (exact) mass is 311 g/mol. The number of rotatable bonds is 8. The van der Waals surface area contributed by atoms with E-state index in [1.54, 1.807) is 0 Å². The zero-order chi connectivity index (χ0) is 16.7. The second-order valence-electron chi connectivity index (χ2n) is 5.00. The highest BCUT2D eigenvalue weighted by atomic mass is 16.3. The SMILES string of the molecule is C=C/C(O)=C\C=C(/CO)CC1CC(=O)N(C(CO)CO)C1=O. The largest absolute Gasteiger partial charge is 0.508 e. The van der Waals surface area contributed by atoms with E-state index in [4.69, 9.17) is 10.2 Å². The Morgan fingerprint density at radius 3 is 2.41 bits per heavy atom. The molecule has 0 aromatic rings. The van der Waals surface area contributed by atoms with Crippen LogP contribution >= 0.6 is 0 Å². The second-order valence-corrected chi connectivity index (χ2v) is 5.00. The topological polar surface area (TPSA) is 118 Å². The number of hydrogen-bond acceptors (Lipinski definition) is 6. The Kier molecular flexibility index (Phi) is 6.97. The second kappa shape index (κ2) is 8.47. The highest BCUT2D eigenvalue weighted by molar-refractivity contribution is 6.04. The van der Waals surface area contributed by atoms with Crippen molar-refractivity contribution in [1.29, 1.82) is 0 Å². The molecule has 0 bridgehead atoms. The summed E-state index contributed by atoms with van der Waals surface area (Å²) in [6.07, 6.45) is 4.14. The summed E-state index contributed by atoms with van der Waals surface area (Å²) in [5.74, 6) is -1.66. The molecule has 7 nitrogen and oxygen atoms in total. The van der Waals surface area contributed by atoms with Crippen molar-refractivity contribution in [2.24, 2.45) is 5.92 Å². The number of likely N-dealkylation sites (tertiary alicyclic amines) is 1. The van der Waals surface area contributed by atoms with Crippen LogP contribution in [0, 0.1) is 5.92 Å². The number of nitrogens with zero attached hydrogens (tertiary/aromatic N) is 1. The van der Waals surface area contributed by atoms with Gasteiger partial charge in [0.1, 0.15) is 5.76 Å². The highest BCUT2D eigenvalue weighted by Crippen LogP contribution is 2.27. The van der Waals surface area contributed by atoms with E-state index in [9.17, 15) is 19.8 Å². The molecule has 0 radical (unpaired) electrons. The molecular weight excluding hydrogens is 290 g/mol. The molecule has 1 saturated heterocycles. The molecule has 0 aliphatic carbocycles. The first-order valence-electron chi connectivity index (χ1n) is 6.88. The molecular formula is C15H21NO6. The molecule has 1 heterocycles. The molecule has 0 spiro atoms. The highest BCUT2D eigenvalue weighted by Gasteiger charge is 2.41. The molecule has 1 rings (SSSR count). The van der Waals surface area contributed by atoms with E-state index in [0.717, 1.165) is 4.90 Å². The Morgan fingerprint density at radius 2 is 1.91 bits per heavy atom. The van der Waals surface area contributed by atoms with Gasteiger partial charge in [-0.25, -0.2) is 0 Å². The van der Waals surface area contributed by atoms with Crippen LogP contribution in [0.25, 0.3) is 0 Å². The van der Waals surface area contributed by atoms with Crippen LogP contribution in [0.4, 0.5) is 0 Å². The average Bonchev–Trinajstić information content (AvgIpc) is 2.79. The van der Waals surface area contributed by atoms with Crippen LogP contribution < -0.4 is 0 Å². The molecule has 4 N–H and O–H groups in total. The van der Waals surface area contributed by atoms with Gasteiger partial charge in [0.2, 0.25) is 11.8 Å². The predicted molar refractivity (Wildman–Crippen MR) is 78.6 cm³/mol. The summed E-state index contributed by atoms with van der Waals surface area (Å²) < 4.78 is 0. The summed E-state index contributed by atoms with van der Waals surface area (Å²) in [6.45, 7) is 2.06. The number of imide groups is 1. The third-order valence-electron chi connectivity index (χ3n) is 3.47. The van der Waals surface area contributed by atoms with Crippen molar-refractivity contribution in [2.75, 3.05) is 19.8 Å². The summed E-state index contributed by atoms with van der Waals surface area (Å²) >= 11 is 0. The van der Waals surface area contributed by atoms with Crippen LogP contribution in [0.2, 0.25) is 0 Å². The Hall–Kier alpha value is -1.96. The molecule has 0 aromatic carbocycles. The molecule has 22 heavy (non-hydrogen) atoms. The van der Waals surface area contributed by atoms with Gasteiger partial charge in [0.15, 0.2) is 0 Å². The fourth-order valence-electron chi connectivity index (χ4n) is 2.25. The third kappa shape index (κ3) is 4.27. The summed E-state index contributed by atoms with van der Waals surface area (Å²) in [5, 5.41) is 36.8. The summed E-state index contributed by atoms with van der Waals surface area (Å²) in [6, 6.07) is -0.934. The van der Waals surface area contributed by atoms with Crippen LogP contribution in [-0.2, 0) is 9.59 Å². The smallest absolute Gasteiger partial charge is 0.233 e. The minimum atomic E-state index is -0.934. The van der Waals surface area contributed by atoms with Crippen molar-refractivity contribution in [3.05, 3.63) is 36.1 Å². The molecule has 7 heteroatoms. The zero-order valence-electron chi connectivity index (χ0n) is 12.2. The quantitative estimate of drug-likeness (QED) is 0.276. The van der Waals surface area contributed by atoms with E-state index in [0.29, 0.717) is 5.57 Å². The lowest BCUT2D eigenvalue weighted by molar-refractivity contribution is -0.144. The molecule has 2 amide bonds. The maximum absolute atomic E-state index is 12.2. The maximum Gasteiger partial charge on any atom is 0.233 e. The van der Waals surface area contributed by atoms with Crippen molar-refractivity contribution in [1.82, 2.24) is 4.90 Å². The minimum absolute atomic E-state index is 0.0379. The van der Waals surface area contributed by atoms with Crippen molar-refractivity contribution in [2.45, 2.75) is 18.9 Å². The number of hydrogen-bond donors (Lipinski definition) is 4. The van der Waals surface area contributed by atoms with Gasteiger partial charge in [-0.15, -0.1) is 0 Å². The van der Waals surface area contributed by atoms with E-state index < -0.39 is 37.0 Å². The number of amides is 2. The number of carbonyl (C=O) groups is 2. The molecule has 0 saturated carbocycles. The van der Waals surface area contributed by atoms with Crippen LogP contribution in [-0.4, -0.2) is 63.0 Å². The molecule has 1 unspecified atom stereocenters. The van der Waals surface area contributed by atoms with E-state index >= 15 is 0 Å². The standard InChI is InChI=1S/C15H21NO6/c1-2-13(20)4-3-10(7-17)5-11-6-14(21)16(15(11)22)12(8-18)9-19/h2-4,11-12,17-20H,1,5-9H2/b10-3-,13-4+. The Labute approximate surface area is 128 Å². The van der Waals surface area contributed by atoms with Crippen molar-refractivity contribution < 1.29 is 30.0 Å². The van der Waals surface area contributed by atoms with Crippen LogP contribution in [0.1, 0.15) is 12.8 Å². The van der Waals surface area contributed by atoms with E-state index in [1.807, 2.05) is 0 Å². The lowest BCUT2D eigenvalue weighted by Gasteiger charge is -2.22. The Morgan fingerprint density at radius 1 is 1.27 bits per heavy atom. The molecule has 122 valence electrons. The van der Waals surface area contributed by atoms with Crippen molar-refractivity contribution in [3.8, 4) is 0 Å². The van der Waals surface area contributed by atoms with Gasteiger partial charge in [-0.1, -0.05) is 12.7 Å². The van der Waals surface area contributed by atoms with E-state index in [-0.39, 0.29) is 25.2 Å². The lowest BCUT2D eigenvalue weighted by Crippen LogP contribution is -2.44. The Balaban J connectivity index is 2.84. The number of allylic oxidation sites excluding steroid dienone is 3.